The van der Waals surface area contributed by atoms with E-state index in [0.717, 1.165) is 22.7 Å². The number of aromatic nitrogens is 3. The minimum Gasteiger partial charge on any atom is -0.477 e. The van der Waals surface area contributed by atoms with Gasteiger partial charge in [-0.1, -0.05) is 35.1 Å². The molecule has 37 heavy (non-hydrogen) atoms. The van der Waals surface area contributed by atoms with Crippen LogP contribution >= 0.6 is 22.9 Å². The number of rotatable bonds is 6. The van der Waals surface area contributed by atoms with E-state index in [1.807, 2.05) is 18.2 Å². The molecule has 0 bridgehead atoms. The Labute approximate surface area is 223 Å². The lowest BCUT2D eigenvalue weighted by Gasteiger charge is -2.39. The van der Waals surface area contributed by atoms with Crippen LogP contribution in [0.5, 0.6) is 0 Å². The second kappa shape index (κ2) is 10.4. The van der Waals surface area contributed by atoms with Crippen molar-refractivity contribution >= 4 is 51.6 Å². The smallest absolute Gasteiger partial charge is 0.347 e. The van der Waals surface area contributed by atoms with E-state index in [9.17, 15) is 20.1 Å². The summed E-state index contributed by atoms with van der Waals surface area (Å²) in [6, 6.07) is 9.26. The summed E-state index contributed by atoms with van der Waals surface area (Å²) in [6.07, 6.45) is 2.07. The lowest BCUT2D eigenvalue weighted by atomic mass is 9.84. The van der Waals surface area contributed by atoms with E-state index in [2.05, 4.69) is 20.1 Å². The average Bonchev–Trinajstić information content (AvgIpc) is 3.25. The Balaban J connectivity index is 1.40. The number of anilines is 4. The number of hydrogen-bond acceptors (Lipinski definition) is 10. The van der Waals surface area contributed by atoms with Crippen LogP contribution in [0.15, 0.2) is 30.3 Å². The van der Waals surface area contributed by atoms with Crippen molar-refractivity contribution in [3.8, 4) is 0 Å². The van der Waals surface area contributed by atoms with Crippen molar-refractivity contribution in [1.82, 2.24) is 15.0 Å². The minimum absolute atomic E-state index is 0.168. The molecule has 0 spiro atoms. The standard InChI is InChI=1S/C25H29ClN6O4S/c1-15-21(22(34)35)37-24(27-15)30-23-28-19(31-10-6-18(33)7-11-31)14-20(29-23)32-12-8-25(36,9-13-32)16-2-4-17(26)5-3-16/h2-5,14,18,33,36H,6-13H2,1H3,(H,34,35)(H,27,28,29,30). The van der Waals surface area contributed by atoms with Crippen LogP contribution in [0, 0.1) is 6.92 Å². The molecule has 0 saturated carbocycles. The number of benzene rings is 1. The van der Waals surface area contributed by atoms with Crippen LogP contribution < -0.4 is 15.1 Å². The highest BCUT2D eigenvalue weighted by Gasteiger charge is 2.35. The number of carboxylic acid groups (broad SMARTS) is 1. The maximum Gasteiger partial charge on any atom is 0.347 e. The number of thiazole rings is 1. The van der Waals surface area contributed by atoms with Gasteiger partial charge in [-0.3, -0.25) is 5.32 Å². The molecule has 0 amide bonds. The van der Waals surface area contributed by atoms with Crippen LogP contribution in [0.2, 0.25) is 5.02 Å². The number of halogens is 1. The monoisotopic (exact) mass is 544 g/mol. The van der Waals surface area contributed by atoms with E-state index in [4.69, 9.17) is 21.6 Å². The molecule has 4 heterocycles. The van der Waals surface area contributed by atoms with E-state index in [1.165, 1.54) is 0 Å². The van der Waals surface area contributed by atoms with Crippen molar-refractivity contribution in [2.45, 2.75) is 44.3 Å². The number of piperidine rings is 2. The van der Waals surface area contributed by atoms with Gasteiger partial charge in [-0.25, -0.2) is 9.78 Å². The number of aromatic carboxylic acids is 1. The number of aryl methyl sites for hydroxylation is 1. The van der Waals surface area contributed by atoms with Crippen molar-refractivity contribution in [1.29, 1.82) is 0 Å². The van der Waals surface area contributed by atoms with Gasteiger partial charge in [0.05, 0.1) is 17.4 Å². The fourth-order valence-electron chi connectivity index (χ4n) is 4.80. The summed E-state index contributed by atoms with van der Waals surface area (Å²) in [4.78, 5) is 29.6. The summed E-state index contributed by atoms with van der Waals surface area (Å²) in [5.74, 6) is 0.739. The zero-order chi connectivity index (χ0) is 26.2. The third kappa shape index (κ3) is 5.64. The summed E-state index contributed by atoms with van der Waals surface area (Å²) in [5, 5.41) is 34.8. The van der Waals surface area contributed by atoms with Gasteiger partial charge in [-0.05, 0) is 50.3 Å². The molecule has 5 rings (SSSR count). The molecule has 2 aliphatic rings. The third-order valence-electron chi connectivity index (χ3n) is 6.99. The van der Waals surface area contributed by atoms with Gasteiger partial charge >= 0.3 is 5.97 Å². The number of aliphatic hydroxyl groups is 2. The van der Waals surface area contributed by atoms with E-state index in [0.29, 0.717) is 79.5 Å². The highest BCUT2D eigenvalue weighted by molar-refractivity contribution is 7.17. The van der Waals surface area contributed by atoms with Crippen LogP contribution in [0.3, 0.4) is 0 Å². The summed E-state index contributed by atoms with van der Waals surface area (Å²) in [5.41, 5.74) is 0.341. The van der Waals surface area contributed by atoms with Crippen LogP contribution in [0.25, 0.3) is 0 Å². The Bertz CT molecular complexity index is 1270. The second-order valence-corrected chi connectivity index (χ2v) is 11.0. The topological polar surface area (TPSA) is 135 Å². The van der Waals surface area contributed by atoms with Crippen LogP contribution in [0.4, 0.5) is 22.7 Å². The fraction of sp³-hybridized carbons (Fsp3) is 0.440. The first-order valence-electron chi connectivity index (χ1n) is 12.2. The van der Waals surface area contributed by atoms with Gasteiger partial charge in [0.15, 0.2) is 5.13 Å². The zero-order valence-corrected chi connectivity index (χ0v) is 22.0. The predicted molar refractivity (Wildman–Crippen MR) is 143 cm³/mol. The molecule has 1 aromatic carbocycles. The molecule has 196 valence electrons. The van der Waals surface area contributed by atoms with Crippen molar-refractivity contribution in [3.05, 3.63) is 51.5 Å². The Morgan fingerprint density at radius 3 is 2.22 bits per heavy atom. The van der Waals surface area contributed by atoms with Gasteiger partial charge in [-0.2, -0.15) is 9.97 Å². The summed E-state index contributed by atoms with van der Waals surface area (Å²) in [6.45, 7) is 4.18. The molecule has 2 aliphatic heterocycles. The van der Waals surface area contributed by atoms with Crippen LogP contribution in [0.1, 0.15) is 46.6 Å². The number of aliphatic hydroxyl groups excluding tert-OH is 1. The van der Waals surface area contributed by atoms with E-state index < -0.39 is 11.6 Å². The molecule has 10 nitrogen and oxygen atoms in total. The quantitative estimate of drug-likeness (QED) is 0.363. The van der Waals surface area contributed by atoms with Gasteiger partial charge in [0.2, 0.25) is 5.95 Å². The summed E-state index contributed by atoms with van der Waals surface area (Å²) < 4.78 is 0. The summed E-state index contributed by atoms with van der Waals surface area (Å²) in [7, 11) is 0. The Kier molecular flexibility index (Phi) is 7.21. The maximum absolute atomic E-state index is 11.5. The van der Waals surface area contributed by atoms with Gasteiger partial charge in [0, 0.05) is 37.3 Å². The zero-order valence-electron chi connectivity index (χ0n) is 20.4. The van der Waals surface area contributed by atoms with Gasteiger partial charge in [-0.15, -0.1) is 0 Å². The lowest BCUT2D eigenvalue weighted by molar-refractivity contribution is 0.0116. The Morgan fingerprint density at radius 1 is 1.05 bits per heavy atom. The van der Waals surface area contributed by atoms with Gasteiger partial charge < -0.3 is 25.1 Å². The van der Waals surface area contributed by atoms with Crippen LogP contribution in [-0.2, 0) is 5.60 Å². The maximum atomic E-state index is 11.5. The minimum atomic E-state index is -1.02. The highest BCUT2D eigenvalue weighted by atomic mass is 35.5. The molecule has 0 aliphatic carbocycles. The van der Waals surface area contributed by atoms with Crippen molar-refractivity contribution in [2.24, 2.45) is 0 Å². The number of carbonyl (C=O) groups is 1. The number of nitrogens with zero attached hydrogens (tertiary/aromatic N) is 5. The molecule has 2 fully saturated rings. The second-order valence-electron chi connectivity index (χ2n) is 9.52. The molecule has 3 aromatic rings. The fourth-order valence-corrected chi connectivity index (χ4v) is 5.72. The summed E-state index contributed by atoms with van der Waals surface area (Å²) >= 11 is 7.06. The first kappa shape index (κ1) is 25.7. The first-order valence-corrected chi connectivity index (χ1v) is 13.4. The molecule has 2 saturated heterocycles. The Hall–Kier alpha value is -2.99. The van der Waals surface area contributed by atoms with E-state index in [1.54, 1.807) is 19.1 Å². The SMILES string of the molecule is Cc1nc(Nc2nc(N3CCC(O)CC3)cc(N3CCC(O)(c4ccc(Cl)cc4)CC3)n2)sc1C(=O)O. The van der Waals surface area contributed by atoms with Crippen molar-refractivity contribution in [3.63, 3.8) is 0 Å². The molecule has 0 radical (unpaired) electrons. The van der Waals surface area contributed by atoms with E-state index >= 15 is 0 Å². The highest BCUT2D eigenvalue weighted by Crippen LogP contribution is 2.36. The molecule has 12 heteroatoms. The number of nitrogens with one attached hydrogen (secondary N) is 1. The number of carboxylic acids is 1. The molecule has 0 atom stereocenters. The van der Waals surface area contributed by atoms with Crippen molar-refractivity contribution in [2.75, 3.05) is 41.3 Å². The average molecular weight is 545 g/mol. The normalized spacial score (nSPS) is 18.2. The lowest BCUT2D eigenvalue weighted by Crippen LogP contribution is -2.43. The molecular weight excluding hydrogens is 516 g/mol. The molecule has 2 aromatic heterocycles. The predicted octanol–water partition coefficient (Wildman–Crippen LogP) is 3.79. The Morgan fingerprint density at radius 2 is 1.65 bits per heavy atom. The van der Waals surface area contributed by atoms with Gasteiger partial charge in [0.1, 0.15) is 16.5 Å². The number of hydrogen-bond donors (Lipinski definition) is 4. The largest absolute Gasteiger partial charge is 0.477 e. The van der Waals surface area contributed by atoms with Gasteiger partial charge in [0.25, 0.3) is 0 Å². The first-order chi connectivity index (χ1) is 17.7. The molecule has 0 unspecified atom stereocenters. The molecular formula is C25H29ClN6O4S. The molecule has 4 N–H and O–H groups in total. The third-order valence-corrected chi connectivity index (χ3v) is 8.31. The van der Waals surface area contributed by atoms with Crippen LogP contribution in [-0.4, -0.2) is 68.5 Å². The van der Waals surface area contributed by atoms with Crippen molar-refractivity contribution < 1.29 is 20.1 Å². The van der Waals surface area contributed by atoms with E-state index in [-0.39, 0.29) is 11.0 Å².